The van der Waals surface area contributed by atoms with Gasteiger partial charge in [0.2, 0.25) is 11.6 Å². The van der Waals surface area contributed by atoms with Crippen molar-refractivity contribution in [2.24, 2.45) is 0 Å². The van der Waals surface area contributed by atoms with Gasteiger partial charge in [-0.15, -0.1) is 5.10 Å². The summed E-state index contributed by atoms with van der Waals surface area (Å²) in [5.41, 5.74) is 0.720. The molecule has 1 aromatic heterocycles. The third-order valence-corrected chi connectivity index (χ3v) is 4.74. The van der Waals surface area contributed by atoms with E-state index < -0.39 is 0 Å². The van der Waals surface area contributed by atoms with E-state index in [0.29, 0.717) is 29.1 Å². The van der Waals surface area contributed by atoms with Gasteiger partial charge in [-0.05, 0) is 36.6 Å². The van der Waals surface area contributed by atoms with Gasteiger partial charge in [-0.1, -0.05) is 24.4 Å². The monoisotopic (exact) mass is 387 g/mol. The van der Waals surface area contributed by atoms with Crippen LogP contribution in [0.1, 0.15) is 49.5 Å². The van der Waals surface area contributed by atoms with Gasteiger partial charge >= 0.3 is 6.01 Å². The van der Waals surface area contributed by atoms with Crippen LogP contribution in [0, 0.1) is 0 Å². The van der Waals surface area contributed by atoms with Crippen molar-refractivity contribution in [2.45, 2.75) is 38.0 Å². The molecule has 3 rings (SSSR count). The first-order valence-corrected chi connectivity index (χ1v) is 9.27. The standard InChI is InChI=1S/C20H25N3O5/c1-25-15-11-13(12-16(26-2)18(15)27-3)9-10-17(24)21-20-23-22-19(28-20)14-7-5-4-6-8-14/h9-12,14H,4-8H2,1-3H3,(H,21,23,24). The number of anilines is 1. The largest absolute Gasteiger partial charge is 0.493 e. The smallest absolute Gasteiger partial charge is 0.322 e. The first-order valence-electron chi connectivity index (χ1n) is 9.27. The molecular formula is C20H25N3O5. The highest BCUT2D eigenvalue weighted by molar-refractivity contribution is 6.00. The summed E-state index contributed by atoms with van der Waals surface area (Å²) in [4.78, 5) is 12.2. The maximum absolute atomic E-state index is 12.2. The van der Waals surface area contributed by atoms with Crippen molar-refractivity contribution in [1.29, 1.82) is 0 Å². The maximum atomic E-state index is 12.2. The highest BCUT2D eigenvalue weighted by atomic mass is 16.5. The van der Waals surface area contributed by atoms with Gasteiger partial charge in [-0.25, -0.2) is 0 Å². The first kappa shape index (κ1) is 19.7. The zero-order valence-corrected chi connectivity index (χ0v) is 16.4. The predicted molar refractivity (Wildman–Crippen MR) is 104 cm³/mol. The molecule has 1 heterocycles. The number of carbonyl (C=O) groups excluding carboxylic acids is 1. The van der Waals surface area contributed by atoms with Gasteiger partial charge in [0.05, 0.1) is 21.3 Å². The molecule has 1 aliphatic carbocycles. The Morgan fingerprint density at radius 2 is 1.75 bits per heavy atom. The Kier molecular flexibility index (Phi) is 6.52. The van der Waals surface area contributed by atoms with Gasteiger partial charge in [0.15, 0.2) is 11.5 Å². The molecule has 0 saturated heterocycles. The highest BCUT2D eigenvalue weighted by Gasteiger charge is 2.21. The van der Waals surface area contributed by atoms with Crippen LogP contribution in [0.2, 0.25) is 0 Å². The number of hydrogen-bond acceptors (Lipinski definition) is 7. The minimum atomic E-state index is -0.368. The molecule has 150 valence electrons. The number of carbonyl (C=O) groups is 1. The molecule has 1 N–H and O–H groups in total. The Morgan fingerprint density at radius 1 is 1.07 bits per heavy atom. The second-order valence-electron chi connectivity index (χ2n) is 6.56. The van der Waals surface area contributed by atoms with E-state index in [9.17, 15) is 4.79 Å². The first-order chi connectivity index (χ1) is 13.6. The maximum Gasteiger partial charge on any atom is 0.322 e. The van der Waals surface area contributed by atoms with E-state index in [1.165, 1.54) is 46.7 Å². The van der Waals surface area contributed by atoms with Crippen molar-refractivity contribution in [3.05, 3.63) is 29.7 Å². The summed E-state index contributed by atoms with van der Waals surface area (Å²) in [7, 11) is 4.61. The normalized spacial score (nSPS) is 14.8. The van der Waals surface area contributed by atoms with Gasteiger partial charge < -0.3 is 18.6 Å². The topological polar surface area (TPSA) is 95.7 Å². The fourth-order valence-corrected chi connectivity index (χ4v) is 3.32. The molecule has 0 atom stereocenters. The van der Waals surface area contributed by atoms with Crippen LogP contribution in [0.25, 0.3) is 6.08 Å². The summed E-state index contributed by atoms with van der Waals surface area (Å²) in [6, 6.07) is 3.61. The summed E-state index contributed by atoms with van der Waals surface area (Å²) in [6.07, 6.45) is 8.72. The van der Waals surface area contributed by atoms with Gasteiger partial charge in [0, 0.05) is 12.0 Å². The molecule has 1 saturated carbocycles. The van der Waals surface area contributed by atoms with Gasteiger partial charge in [-0.3, -0.25) is 10.1 Å². The zero-order chi connectivity index (χ0) is 19.9. The molecule has 1 amide bonds. The van der Waals surface area contributed by atoms with Gasteiger partial charge in [-0.2, -0.15) is 0 Å². The SMILES string of the molecule is COc1cc(C=CC(=O)Nc2nnc(C3CCCCC3)o2)cc(OC)c1OC. The van der Waals surface area contributed by atoms with Crippen LogP contribution < -0.4 is 19.5 Å². The number of nitrogens with zero attached hydrogens (tertiary/aromatic N) is 2. The van der Waals surface area contributed by atoms with Crippen LogP contribution in [-0.2, 0) is 4.79 Å². The molecule has 28 heavy (non-hydrogen) atoms. The van der Waals surface area contributed by atoms with Crippen LogP contribution >= 0.6 is 0 Å². The molecule has 0 bridgehead atoms. The van der Waals surface area contributed by atoms with Gasteiger partial charge in [0.1, 0.15) is 0 Å². The van der Waals surface area contributed by atoms with Crippen LogP contribution in [0.4, 0.5) is 6.01 Å². The second kappa shape index (κ2) is 9.25. The zero-order valence-electron chi connectivity index (χ0n) is 16.4. The third kappa shape index (κ3) is 4.62. The molecule has 0 spiro atoms. The van der Waals surface area contributed by atoms with Crippen molar-refractivity contribution >= 4 is 18.0 Å². The number of ether oxygens (including phenoxy) is 3. The quantitative estimate of drug-likeness (QED) is 0.722. The Hall–Kier alpha value is -3.03. The van der Waals surface area contributed by atoms with E-state index in [1.54, 1.807) is 18.2 Å². The molecule has 2 aromatic rings. The van der Waals surface area contributed by atoms with E-state index in [2.05, 4.69) is 15.5 Å². The number of aromatic nitrogens is 2. The number of amides is 1. The third-order valence-electron chi connectivity index (χ3n) is 4.74. The summed E-state index contributed by atoms with van der Waals surface area (Å²) in [5.74, 6) is 2.04. The molecule has 0 aliphatic heterocycles. The lowest BCUT2D eigenvalue weighted by molar-refractivity contribution is -0.112. The second-order valence-corrected chi connectivity index (χ2v) is 6.56. The molecule has 1 aliphatic rings. The van der Waals surface area contributed by atoms with Crippen molar-refractivity contribution in [3.8, 4) is 17.2 Å². The fourth-order valence-electron chi connectivity index (χ4n) is 3.32. The molecule has 0 radical (unpaired) electrons. The molecule has 8 nitrogen and oxygen atoms in total. The molecule has 1 fully saturated rings. The molecule has 0 unspecified atom stereocenters. The lowest BCUT2D eigenvalue weighted by Gasteiger charge is -2.17. The summed E-state index contributed by atoms with van der Waals surface area (Å²) >= 11 is 0. The Balaban J connectivity index is 1.66. The highest BCUT2D eigenvalue weighted by Crippen LogP contribution is 2.38. The molecule has 8 heteroatoms. The lowest BCUT2D eigenvalue weighted by atomic mass is 9.89. The van der Waals surface area contributed by atoms with Crippen molar-refractivity contribution in [2.75, 3.05) is 26.6 Å². The summed E-state index contributed by atoms with van der Waals surface area (Å²) in [6.45, 7) is 0. The van der Waals surface area contributed by atoms with Gasteiger partial charge in [0.25, 0.3) is 5.91 Å². The van der Waals surface area contributed by atoms with Crippen LogP contribution in [0.5, 0.6) is 17.2 Å². The summed E-state index contributed by atoms with van der Waals surface area (Å²) < 4.78 is 21.5. The van der Waals surface area contributed by atoms with E-state index in [4.69, 9.17) is 18.6 Å². The van der Waals surface area contributed by atoms with Crippen molar-refractivity contribution in [3.63, 3.8) is 0 Å². The Bertz CT molecular complexity index is 815. The number of nitrogens with one attached hydrogen (secondary N) is 1. The number of benzene rings is 1. The number of hydrogen-bond donors (Lipinski definition) is 1. The minimum Gasteiger partial charge on any atom is -0.493 e. The van der Waals surface area contributed by atoms with Crippen LogP contribution in [0.3, 0.4) is 0 Å². The number of rotatable bonds is 7. The summed E-state index contributed by atoms with van der Waals surface area (Å²) in [5, 5.41) is 10.6. The predicted octanol–water partition coefficient (Wildman–Crippen LogP) is 3.80. The van der Waals surface area contributed by atoms with E-state index in [-0.39, 0.29) is 11.9 Å². The van der Waals surface area contributed by atoms with Crippen LogP contribution in [0.15, 0.2) is 22.6 Å². The fraction of sp³-hybridized carbons (Fsp3) is 0.450. The van der Waals surface area contributed by atoms with E-state index in [0.717, 1.165) is 18.4 Å². The molecule has 1 aromatic carbocycles. The van der Waals surface area contributed by atoms with E-state index in [1.807, 2.05) is 0 Å². The average molecular weight is 387 g/mol. The van der Waals surface area contributed by atoms with Crippen molar-refractivity contribution in [1.82, 2.24) is 10.2 Å². The molecular weight excluding hydrogens is 362 g/mol. The van der Waals surface area contributed by atoms with Crippen LogP contribution in [-0.4, -0.2) is 37.4 Å². The van der Waals surface area contributed by atoms with Crippen molar-refractivity contribution < 1.29 is 23.4 Å². The Morgan fingerprint density at radius 3 is 2.36 bits per heavy atom. The minimum absolute atomic E-state index is 0.111. The van der Waals surface area contributed by atoms with E-state index >= 15 is 0 Å². The lowest BCUT2D eigenvalue weighted by Crippen LogP contribution is -2.08. The average Bonchev–Trinajstić information content (AvgIpc) is 3.20. The Labute approximate surface area is 163 Å². The number of methoxy groups -OCH3 is 3.